The van der Waals surface area contributed by atoms with Gasteiger partial charge in [-0.15, -0.1) is 11.8 Å². The summed E-state index contributed by atoms with van der Waals surface area (Å²) < 4.78 is 14.8. The zero-order valence-electron chi connectivity index (χ0n) is 15.5. The van der Waals surface area contributed by atoms with Gasteiger partial charge in [-0.1, -0.05) is 45.7 Å². The summed E-state index contributed by atoms with van der Waals surface area (Å²) in [6, 6.07) is 11.4. The van der Waals surface area contributed by atoms with E-state index < -0.39 is 11.9 Å². The van der Waals surface area contributed by atoms with Crippen molar-refractivity contribution in [2.75, 3.05) is 12.8 Å². The normalized spacial score (nSPS) is 11.8. The van der Waals surface area contributed by atoms with E-state index in [1.807, 2.05) is 24.3 Å². The third-order valence-corrected chi connectivity index (χ3v) is 6.04. The van der Waals surface area contributed by atoms with E-state index in [1.54, 1.807) is 19.1 Å². The van der Waals surface area contributed by atoms with Crippen LogP contribution in [-0.4, -0.2) is 35.6 Å². The second-order valence-corrected chi connectivity index (χ2v) is 8.44. The Kier molecular flexibility index (Phi) is 8.79. The molecule has 0 spiro atoms. The Morgan fingerprint density at radius 1 is 1.25 bits per heavy atom. The largest absolute Gasteiger partial charge is 0.357 e. The van der Waals surface area contributed by atoms with Crippen LogP contribution in [0.2, 0.25) is 5.02 Å². The Labute approximate surface area is 182 Å². The van der Waals surface area contributed by atoms with Crippen LogP contribution in [0.1, 0.15) is 18.1 Å². The molecule has 0 aliphatic rings. The summed E-state index contributed by atoms with van der Waals surface area (Å²) in [7, 11) is 1.54. The molecule has 2 aromatic rings. The standard InChI is InChI=1S/C20H21BrClFN2O2S/c1-13(20(27)24-2)25(10-14-6-8-15(21)9-7-14)19(26)12-28-11-16-17(22)4-3-5-18(16)23/h3-9,13H,10-12H2,1-2H3,(H,24,27)/t13-/m0/s1. The molecule has 0 saturated heterocycles. The minimum atomic E-state index is -0.626. The highest BCUT2D eigenvalue weighted by Gasteiger charge is 2.25. The van der Waals surface area contributed by atoms with Crippen molar-refractivity contribution < 1.29 is 14.0 Å². The molecule has 150 valence electrons. The maximum Gasteiger partial charge on any atom is 0.242 e. The molecule has 2 aromatic carbocycles. The SMILES string of the molecule is CNC(=O)[C@H](C)N(Cc1ccc(Br)cc1)C(=O)CSCc1c(F)cccc1Cl. The molecule has 4 nitrogen and oxygen atoms in total. The molecular weight excluding hydrogens is 467 g/mol. The summed E-state index contributed by atoms with van der Waals surface area (Å²) in [6.07, 6.45) is 0. The summed E-state index contributed by atoms with van der Waals surface area (Å²) in [5, 5.41) is 2.92. The summed E-state index contributed by atoms with van der Waals surface area (Å²) in [6.45, 7) is 2.00. The van der Waals surface area contributed by atoms with Crippen molar-refractivity contribution in [2.45, 2.75) is 25.3 Å². The number of hydrogen-bond donors (Lipinski definition) is 1. The lowest BCUT2D eigenvalue weighted by molar-refractivity contribution is -0.138. The maximum absolute atomic E-state index is 13.9. The van der Waals surface area contributed by atoms with E-state index in [1.165, 1.54) is 29.8 Å². The average Bonchev–Trinajstić information content (AvgIpc) is 2.68. The summed E-state index contributed by atoms with van der Waals surface area (Å²) in [4.78, 5) is 26.5. The maximum atomic E-state index is 13.9. The number of amides is 2. The minimum absolute atomic E-state index is 0.114. The topological polar surface area (TPSA) is 49.4 Å². The number of carbonyl (C=O) groups excluding carboxylic acids is 2. The van der Waals surface area contributed by atoms with Gasteiger partial charge in [-0.2, -0.15) is 0 Å². The molecule has 0 radical (unpaired) electrons. The van der Waals surface area contributed by atoms with Crippen LogP contribution in [0.3, 0.4) is 0 Å². The van der Waals surface area contributed by atoms with Crippen LogP contribution >= 0.6 is 39.3 Å². The van der Waals surface area contributed by atoms with Gasteiger partial charge in [0.15, 0.2) is 0 Å². The van der Waals surface area contributed by atoms with Crippen LogP contribution < -0.4 is 5.32 Å². The summed E-state index contributed by atoms with van der Waals surface area (Å²) in [5.41, 5.74) is 1.29. The Hall–Kier alpha value is -1.57. The summed E-state index contributed by atoms with van der Waals surface area (Å²) >= 11 is 10.7. The van der Waals surface area contributed by atoms with E-state index in [0.717, 1.165) is 10.0 Å². The van der Waals surface area contributed by atoms with Gasteiger partial charge in [0, 0.05) is 34.4 Å². The molecule has 0 aromatic heterocycles. The van der Waals surface area contributed by atoms with Gasteiger partial charge in [0.25, 0.3) is 0 Å². The molecule has 1 N–H and O–H groups in total. The zero-order chi connectivity index (χ0) is 20.7. The fourth-order valence-electron chi connectivity index (χ4n) is 2.57. The van der Waals surface area contributed by atoms with Crippen molar-refractivity contribution in [2.24, 2.45) is 0 Å². The third kappa shape index (κ3) is 6.22. The average molecular weight is 488 g/mol. The fourth-order valence-corrected chi connectivity index (χ4v) is 4.08. The van der Waals surface area contributed by atoms with Crippen molar-refractivity contribution in [3.8, 4) is 0 Å². The monoisotopic (exact) mass is 486 g/mol. The van der Waals surface area contributed by atoms with E-state index in [-0.39, 0.29) is 23.3 Å². The van der Waals surface area contributed by atoms with Crippen LogP contribution in [0.4, 0.5) is 4.39 Å². The number of nitrogens with one attached hydrogen (secondary N) is 1. The van der Waals surface area contributed by atoms with E-state index >= 15 is 0 Å². The van der Waals surface area contributed by atoms with Crippen molar-refractivity contribution >= 4 is 51.1 Å². The molecule has 0 unspecified atom stereocenters. The number of likely N-dealkylation sites (N-methyl/N-ethyl adjacent to an activating group) is 1. The van der Waals surface area contributed by atoms with Gasteiger partial charge >= 0.3 is 0 Å². The lowest BCUT2D eigenvalue weighted by Crippen LogP contribution is -2.47. The van der Waals surface area contributed by atoms with Crippen LogP contribution in [0.5, 0.6) is 0 Å². The van der Waals surface area contributed by atoms with Crippen molar-refractivity contribution in [1.29, 1.82) is 0 Å². The highest BCUT2D eigenvalue weighted by molar-refractivity contribution is 9.10. The van der Waals surface area contributed by atoms with Crippen molar-refractivity contribution in [3.05, 3.63) is 68.9 Å². The first kappa shape index (κ1) is 22.7. The van der Waals surface area contributed by atoms with Gasteiger partial charge in [-0.3, -0.25) is 9.59 Å². The van der Waals surface area contributed by atoms with Gasteiger partial charge in [0.05, 0.1) is 5.75 Å². The molecule has 8 heteroatoms. The van der Waals surface area contributed by atoms with E-state index in [2.05, 4.69) is 21.2 Å². The van der Waals surface area contributed by atoms with E-state index in [9.17, 15) is 14.0 Å². The number of halogens is 3. The first-order valence-corrected chi connectivity index (χ1v) is 10.9. The number of thioether (sulfide) groups is 1. The number of carbonyl (C=O) groups is 2. The molecule has 2 amide bonds. The van der Waals surface area contributed by atoms with Gasteiger partial charge in [0.1, 0.15) is 11.9 Å². The van der Waals surface area contributed by atoms with Crippen LogP contribution in [-0.2, 0) is 21.9 Å². The zero-order valence-corrected chi connectivity index (χ0v) is 18.7. The van der Waals surface area contributed by atoms with E-state index in [0.29, 0.717) is 17.1 Å². The van der Waals surface area contributed by atoms with Gasteiger partial charge in [0.2, 0.25) is 11.8 Å². The quantitative estimate of drug-likeness (QED) is 0.590. The Morgan fingerprint density at radius 2 is 1.93 bits per heavy atom. The highest BCUT2D eigenvalue weighted by atomic mass is 79.9. The van der Waals surface area contributed by atoms with Crippen molar-refractivity contribution in [1.82, 2.24) is 10.2 Å². The smallest absolute Gasteiger partial charge is 0.242 e. The molecule has 0 saturated carbocycles. The van der Waals surface area contributed by atoms with Crippen LogP contribution in [0.25, 0.3) is 0 Å². The minimum Gasteiger partial charge on any atom is -0.357 e. The second kappa shape index (κ2) is 10.8. The second-order valence-electron chi connectivity index (χ2n) is 6.13. The molecule has 2 rings (SSSR count). The molecule has 0 aliphatic heterocycles. The number of nitrogens with zero attached hydrogens (tertiary/aromatic N) is 1. The van der Waals surface area contributed by atoms with Crippen LogP contribution in [0, 0.1) is 5.82 Å². The van der Waals surface area contributed by atoms with Crippen molar-refractivity contribution in [3.63, 3.8) is 0 Å². The number of benzene rings is 2. The third-order valence-electron chi connectivity index (χ3n) is 4.21. The van der Waals surface area contributed by atoms with Gasteiger partial charge < -0.3 is 10.2 Å². The highest BCUT2D eigenvalue weighted by Crippen LogP contribution is 2.24. The molecule has 1 atom stereocenters. The Morgan fingerprint density at radius 3 is 2.54 bits per heavy atom. The van der Waals surface area contributed by atoms with E-state index in [4.69, 9.17) is 11.6 Å². The fraction of sp³-hybridized carbons (Fsp3) is 0.300. The molecule has 0 fully saturated rings. The molecule has 28 heavy (non-hydrogen) atoms. The van der Waals surface area contributed by atoms with Gasteiger partial charge in [-0.25, -0.2) is 4.39 Å². The predicted molar refractivity (Wildman–Crippen MR) is 116 cm³/mol. The Balaban J connectivity index is 2.07. The predicted octanol–water partition coefficient (Wildman–Crippen LogP) is 4.64. The lowest BCUT2D eigenvalue weighted by Gasteiger charge is -2.28. The molecule has 0 heterocycles. The first-order chi connectivity index (χ1) is 13.3. The van der Waals surface area contributed by atoms with Crippen LogP contribution in [0.15, 0.2) is 46.9 Å². The number of rotatable bonds is 8. The molecular formula is C20H21BrClFN2O2S. The lowest BCUT2D eigenvalue weighted by atomic mass is 10.1. The first-order valence-electron chi connectivity index (χ1n) is 8.59. The molecule has 0 bridgehead atoms. The Bertz CT molecular complexity index is 815. The summed E-state index contributed by atoms with van der Waals surface area (Å²) in [5.74, 6) is -0.442. The van der Waals surface area contributed by atoms with Gasteiger partial charge in [-0.05, 0) is 36.8 Å². The molecule has 0 aliphatic carbocycles. The number of hydrogen-bond acceptors (Lipinski definition) is 3.